The number of nitrogens with zero attached hydrogens (tertiary/aromatic N) is 1. The van der Waals surface area contributed by atoms with Crippen LogP contribution in [0.1, 0.15) is 43.0 Å². The highest BCUT2D eigenvalue weighted by Gasteiger charge is 2.35. The molecule has 126 valence electrons. The molecule has 0 spiro atoms. The van der Waals surface area contributed by atoms with Gasteiger partial charge in [-0.3, -0.25) is 14.9 Å². The molecule has 2 atom stereocenters. The summed E-state index contributed by atoms with van der Waals surface area (Å²) in [5.41, 5.74) is 0.377. The van der Waals surface area contributed by atoms with Crippen molar-refractivity contribution < 1.29 is 14.8 Å². The molecule has 0 bridgehead atoms. The Morgan fingerprint density at radius 2 is 2.22 bits per heavy atom. The number of nitrogens with one attached hydrogen (secondary N) is 2. The third-order valence-electron chi connectivity index (χ3n) is 4.65. The van der Waals surface area contributed by atoms with Crippen LogP contribution in [0.2, 0.25) is 0 Å². The van der Waals surface area contributed by atoms with Crippen LogP contribution >= 0.6 is 0 Å². The molecule has 0 aromatic heterocycles. The van der Waals surface area contributed by atoms with Crippen LogP contribution < -0.4 is 10.6 Å². The monoisotopic (exact) mass is 321 g/mol. The predicted molar refractivity (Wildman–Crippen MR) is 87.6 cm³/mol. The van der Waals surface area contributed by atoms with Gasteiger partial charge in [-0.05, 0) is 18.9 Å². The van der Waals surface area contributed by atoms with Gasteiger partial charge in [0.15, 0.2) is 0 Å². The van der Waals surface area contributed by atoms with Crippen molar-refractivity contribution in [2.75, 3.05) is 18.9 Å². The lowest BCUT2D eigenvalue weighted by atomic mass is 9.73. The zero-order chi connectivity index (χ0) is 17.0. The van der Waals surface area contributed by atoms with E-state index in [9.17, 15) is 20.0 Å². The lowest BCUT2D eigenvalue weighted by molar-refractivity contribution is -0.384. The van der Waals surface area contributed by atoms with Gasteiger partial charge in [0, 0.05) is 36.8 Å². The van der Waals surface area contributed by atoms with Crippen molar-refractivity contribution >= 4 is 17.3 Å². The van der Waals surface area contributed by atoms with Gasteiger partial charge < -0.3 is 15.7 Å². The average molecular weight is 321 g/mol. The Labute approximate surface area is 135 Å². The number of hydrogen-bond donors (Lipinski definition) is 3. The van der Waals surface area contributed by atoms with Gasteiger partial charge in [-0.15, -0.1) is 0 Å². The van der Waals surface area contributed by atoms with Crippen LogP contribution in [0.15, 0.2) is 18.2 Å². The Kier molecular flexibility index (Phi) is 5.20. The quantitative estimate of drug-likeness (QED) is 0.570. The van der Waals surface area contributed by atoms with Gasteiger partial charge in [0.2, 0.25) is 0 Å². The smallest absolute Gasteiger partial charge is 0.270 e. The molecule has 0 saturated heterocycles. The summed E-state index contributed by atoms with van der Waals surface area (Å²) in [7, 11) is 1.48. The standard InChI is InChI=1S/C16H23N3O4/c1-16(8-4-3-5-14(16)20)10-18-13-7-6-11(19(22)23)9-12(13)15(21)17-2/h6-7,9,14,18,20H,3-5,8,10H2,1-2H3,(H,17,21). The summed E-state index contributed by atoms with van der Waals surface area (Å²) in [6.07, 6.45) is 3.39. The first-order valence-corrected chi connectivity index (χ1v) is 7.80. The molecule has 3 N–H and O–H groups in total. The molecular weight excluding hydrogens is 298 g/mol. The zero-order valence-electron chi connectivity index (χ0n) is 13.5. The summed E-state index contributed by atoms with van der Waals surface area (Å²) in [4.78, 5) is 22.4. The maximum atomic E-state index is 12.0. The maximum Gasteiger partial charge on any atom is 0.270 e. The lowest BCUT2D eigenvalue weighted by Gasteiger charge is -2.39. The van der Waals surface area contributed by atoms with Crippen LogP contribution in [-0.2, 0) is 0 Å². The summed E-state index contributed by atoms with van der Waals surface area (Å²) in [5, 5.41) is 26.8. The molecule has 1 saturated carbocycles. The first-order chi connectivity index (χ1) is 10.9. The number of rotatable bonds is 5. The number of aliphatic hydroxyl groups is 1. The number of carbonyl (C=O) groups is 1. The molecule has 1 fully saturated rings. The minimum Gasteiger partial charge on any atom is -0.392 e. The summed E-state index contributed by atoms with van der Waals surface area (Å²) < 4.78 is 0. The largest absolute Gasteiger partial charge is 0.392 e. The van der Waals surface area contributed by atoms with E-state index in [0.717, 1.165) is 25.7 Å². The van der Waals surface area contributed by atoms with E-state index in [2.05, 4.69) is 10.6 Å². The number of aliphatic hydroxyl groups excluding tert-OH is 1. The minimum absolute atomic E-state index is 0.127. The first kappa shape index (κ1) is 17.2. The molecule has 0 heterocycles. The van der Waals surface area contributed by atoms with Gasteiger partial charge in [0.25, 0.3) is 11.6 Å². The van der Waals surface area contributed by atoms with Gasteiger partial charge in [-0.25, -0.2) is 0 Å². The predicted octanol–water partition coefficient (Wildman–Crippen LogP) is 2.31. The van der Waals surface area contributed by atoms with E-state index in [0.29, 0.717) is 12.2 Å². The van der Waals surface area contributed by atoms with E-state index < -0.39 is 4.92 Å². The second-order valence-corrected chi connectivity index (χ2v) is 6.34. The molecule has 23 heavy (non-hydrogen) atoms. The molecule has 0 radical (unpaired) electrons. The maximum absolute atomic E-state index is 12.0. The molecule has 1 aliphatic carbocycles. The van der Waals surface area contributed by atoms with Gasteiger partial charge in [-0.1, -0.05) is 19.8 Å². The van der Waals surface area contributed by atoms with E-state index in [4.69, 9.17) is 0 Å². The molecule has 2 unspecified atom stereocenters. The van der Waals surface area contributed by atoms with Crippen LogP contribution in [0.4, 0.5) is 11.4 Å². The fraction of sp³-hybridized carbons (Fsp3) is 0.562. The van der Waals surface area contributed by atoms with Gasteiger partial charge >= 0.3 is 0 Å². The Morgan fingerprint density at radius 3 is 2.83 bits per heavy atom. The van der Waals surface area contributed by atoms with Gasteiger partial charge in [0.05, 0.1) is 16.6 Å². The molecule has 1 amide bonds. The van der Waals surface area contributed by atoms with E-state index in [1.54, 1.807) is 6.07 Å². The zero-order valence-corrected chi connectivity index (χ0v) is 13.5. The third kappa shape index (κ3) is 3.79. The Morgan fingerprint density at radius 1 is 1.48 bits per heavy atom. The molecule has 2 rings (SSSR count). The van der Waals surface area contributed by atoms with Gasteiger partial charge in [0.1, 0.15) is 0 Å². The normalized spacial score (nSPS) is 24.0. The number of anilines is 1. The van der Waals surface area contributed by atoms with E-state index in [1.165, 1.54) is 19.2 Å². The summed E-state index contributed by atoms with van der Waals surface area (Å²) in [6.45, 7) is 2.53. The number of hydrogen-bond acceptors (Lipinski definition) is 5. The molecule has 7 nitrogen and oxygen atoms in total. The number of nitro groups is 1. The van der Waals surface area contributed by atoms with Crippen molar-refractivity contribution in [2.24, 2.45) is 5.41 Å². The van der Waals surface area contributed by atoms with E-state index >= 15 is 0 Å². The average Bonchev–Trinajstić information content (AvgIpc) is 2.55. The third-order valence-corrected chi connectivity index (χ3v) is 4.65. The van der Waals surface area contributed by atoms with Crippen molar-refractivity contribution in [1.29, 1.82) is 0 Å². The Hall–Kier alpha value is -2.15. The molecule has 0 aliphatic heterocycles. The fourth-order valence-electron chi connectivity index (χ4n) is 3.01. The number of carbonyl (C=O) groups excluding carboxylic acids is 1. The van der Waals surface area contributed by atoms with Crippen molar-refractivity contribution in [3.8, 4) is 0 Å². The van der Waals surface area contributed by atoms with Gasteiger partial charge in [-0.2, -0.15) is 0 Å². The number of non-ortho nitro benzene ring substituents is 1. The fourth-order valence-corrected chi connectivity index (χ4v) is 3.01. The second-order valence-electron chi connectivity index (χ2n) is 6.34. The molecular formula is C16H23N3O4. The highest BCUT2D eigenvalue weighted by molar-refractivity contribution is 6.00. The Balaban J connectivity index is 2.21. The summed E-state index contributed by atoms with van der Waals surface area (Å²) in [6, 6.07) is 4.18. The SMILES string of the molecule is CNC(=O)c1cc([N+](=O)[O-])ccc1NCC1(C)CCCCC1O. The molecule has 1 aromatic carbocycles. The van der Waals surface area contributed by atoms with Crippen molar-refractivity contribution in [2.45, 2.75) is 38.7 Å². The lowest BCUT2D eigenvalue weighted by Crippen LogP contribution is -2.41. The topological polar surface area (TPSA) is 104 Å². The second kappa shape index (κ2) is 6.95. The first-order valence-electron chi connectivity index (χ1n) is 7.80. The molecule has 1 aromatic rings. The number of amides is 1. The van der Waals surface area contributed by atoms with Crippen molar-refractivity contribution in [3.05, 3.63) is 33.9 Å². The highest BCUT2D eigenvalue weighted by Crippen LogP contribution is 2.36. The minimum atomic E-state index is -0.525. The van der Waals surface area contributed by atoms with Crippen LogP contribution in [-0.4, -0.2) is 35.6 Å². The van der Waals surface area contributed by atoms with E-state index in [-0.39, 0.29) is 28.7 Å². The highest BCUT2D eigenvalue weighted by atomic mass is 16.6. The van der Waals surface area contributed by atoms with Crippen LogP contribution in [0.25, 0.3) is 0 Å². The van der Waals surface area contributed by atoms with Crippen molar-refractivity contribution in [1.82, 2.24) is 5.32 Å². The van der Waals surface area contributed by atoms with Crippen LogP contribution in [0.3, 0.4) is 0 Å². The summed E-state index contributed by atoms with van der Waals surface area (Å²) >= 11 is 0. The number of nitro benzene ring substituents is 1. The molecule has 1 aliphatic rings. The van der Waals surface area contributed by atoms with Crippen molar-refractivity contribution in [3.63, 3.8) is 0 Å². The Bertz CT molecular complexity index is 605. The number of benzene rings is 1. The summed E-state index contributed by atoms with van der Waals surface area (Å²) in [5.74, 6) is -0.384. The van der Waals surface area contributed by atoms with E-state index in [1.807, 2.05) is 6.92 Å². The van der Waals surface area contributed by atoms with Crippen LogP contribution in [0.5, 0.6) is 0 Å². The molecule has 7 heteroatoms. The van der Waals surface area contributed by atoms with Crippen LogP contribution in [0, 0.1) is 15.5 Å².